The number of ketones is 1. The average molecular weight is 314 g/mol. The van der Waals surface area contributed by atoms with Crippen LogP contribution in [0.25, 0.3) is 0 Å². The monoisotopic (exact) mass is 314 g/mol. The van der Waals surface area contributed by atoms with Crippen LogP contribution in [0.15, 0.2) is 0 Å². The second kappa shape index (κ2) is 11.1. The molecular weight excluding hydrogens is 280 g/mol. The number of carbonyl (C=O) groups is 1. The van der Waals surface area contributed by atoms with E-state index in [4.69, 9.17) is 9.47 Å². The number of Topliss-reactive ketones (excluding diaryl/α,β-unsaturated/α-hetero) is 1. The summed E-state index contributed by atoms with van der Waals surface area (Å²) in [6.07, 6.45) is 8.95. The molecule has 1 aliphatic carbocycles. The molecule has 0 radical (unpaired) electrons. The second-order valence-corrected chi connectivity index (χ2v) is 6.66. The average Bonchev–Trinajstić information content (AvgIpc) is 2.53. The van der Waals surface area contributed by atoms with E-state index in [0.717, 1.165) is 38.5 Å². The van der Waals surface area contributed by atoms with Crippen LogP contribution in [0, 0.1) is 5.92 Å². The summed E-state index contributed by atoms with van der Waals surface area (Å²) in [6.45, 7) is 2.18. The van der Waals surface area contributed by atoms with Gasteiger partial charge in [0.05, 0.1) is 18.3 Å². The van der Waals surface area contributed by atoms with Crippen molar-refractivity contribution in [1.29, 1.82) is 0 Å². The molecule has 0 amide bonds. The van der Waals surface area contributed by atoms with Crippen LogP contribution in [0.1, 0.15) is 71.1 Å². The lowest BCUT2D eigenvalue weighted by Gasteiger charge is -2.32. The Morgan fingerprint density at radius 3 is 2.68 bits per heavy atom. The highest BCUT2D eigenvalue weighted by atomic mass is 16.5. The molecule has 22 heavy (non-hydrogen) atoms. The fourth-order valence-corrected chi connectivity index (χ4v) is 3.36. The highest BCUT2D eigenvalue weighted by molar-refractivity contribution is 5.78. The third kappa shape index (κ3) is 7.21. The highest BCUT2D eigenvalue weighted by Gasteiger charge is 2.29. The summed E-state index contributed by atoms with van der Waals surface area (Å²) in [7, 11) is 3.36. The number of aliphatic hydroxyl groups is 1. The molecule has 0 saturated heterocycles. The summed E-state index contributed by atoms with van der Waals surface area (Å²) < 4.78 is 10.8. The molecule has 4 nitrogen and oxygen atoms in total. The molecule has 0 aromatic heterocycles. The van der Waals surface area contributed by atoms with Crippen LogP contribution in [0.2, 0.25) is 0 Å². The van der Waals surface area contributed by atoms with Crippen molar-refractivity contribution in [2.45, 2.75) is 89.4 Å². The highest BCUT2D eigenvalue weighted by Crippen LogP contribution is 2.30. The third-order valence-corrected chi connectivity index (χ3v) is 4.92. The van der Waals surface area contributed by atoms with Gasteiger partial charge < -0.3 is 14.6 Å². The summed E-state index contributed by atoms with van der Waals surface area (Å²) in [5, 5.41) is 9.81. The normalized spacial score (nSPS) is 26.8. The van der Waals surface area contributed by atoms with E-state index in [2.05, 4.69) is 6.92 Å². The number of rotatable bonds is 11. The van der Waals surface area contributed by atoms with Gasteiger partial charge >= 0.3 is 0 Å². The molecule has 0 spiro atoms. The minimum Gasteiger partial charge on any atom is -0.390 e. The molecule has 0 aromatic rings. The van der Waals surface area contributed by atoms with Crippen molar-refractivity contribution >= 4 is 5.78 Å². The zero-order valence-corrected chi connectivity index (χ0v) is 14.6. The van der Waals surface area contributed by atoms with Gasteiger partial charge in [0.25, 0.3) is 0 Å². The Morgan fingerprint density at radius 2 is 2.05 bits per heavy atom. The Hall–Kier alpha value is -0.450. The number of aliphatic hydroxyl groups excluding tert-OH is 1. The molecule has 0 aliphatic heterocycles. The number of methoxy groups -OCH3 is 2. The summed E-state index contributed by atoms with van der Waals surface area (Å²) in [5.41, 5.74) is 0. The molecule has 0 bridgehead atoms. The predicted octanol–water partition coefficient (Wildman–Crippen LogP) is 3.50. The van der Waals surface area contributed by atoms with E-state index in [1.165, 1.54) is 12.8 Å². The van der Waals surface area contributed by atoms with Crippen LogP contribution in [0.4, 0.5) is 0 Å². The maximum absolute atomic E-state index is 12.1. The molecule has 4 unspecified atom stereocenters. The molecule has 4 atom stereocenters. The van der Waals surface area contributed by atoms with Gasteiger partial charge in [0.1, 0.15) is 5.78 Å². The third-order valence-electron chi connectivity index (χ3n) is 4.92. The second-order valence-electron chi connectivity index (χ2n) is 6.66. The maximum Gasteiger partial charge on any atom is 0.135 e. The molecule has 1 aliphatic rings. The van der Waals surface area contributed by atoms with Gasteiger partial charge in [0, 0.05) is 27.1 Å². The molecule has 1 fully saturated rings. The van der Waals surface area contributed by atoms with Crippen LogP contribution in [0.3, 0.4) is 0 Å². The molecular formula is C18H34O4. The van der Waals surface area contributed by atoms with Crippen molar-refractivity contribution in [3.05, 3.63) is 0 Å². The van der Waals surface area contributed by atoms with Crippen molar-refractivity contribution < 1.29 is 19.4 Å². The summed E-state index contributed by atoms with van der Waals surface area (Å²) >= 11 is 0. The van der Waals surface area contributed by atoms with Gasteiger partial charge in [-0.1, -0.05) is 26.2 Å². The fraction of sp³-hybridized carbons (Fsp3) is 0.944. The molecule has 0 heterocycles. The topological polar surface area (TPSA) is 55.8 Å². The Labute approximate surface area is 135 Å². The van der Waals surface area contributed by atoms with Gasteiger partial charge in [0.15, 0.2) is 0 Å². The van der Waals surface area contributed by atoms with Gasteiger partial charge in [-0.05, 0) is 38.0 Å². The molecule has 1 N–H and O–H groups in total. The van der Waals surface area contributed by atoms with Gasteiger partial charge in [-0.15, -0.1) is 0 Å². The maximum atomic E-state index is 12.1. The Kier molecular flexibility index (Phi) is 9.92. The lowest BCUT2D eigenvalue weighted by atomic mass is 9.82. The standard InChI is InChI=1S/C18H34O4/c1-4-5-6-7-16(21-2)13-15(19)10-8-14-9-11-17(20)18(12-14)22-3/h14,16-18,20H,4-13H2,1-3H3. The number of hydrogen-bond donors (Lipinski definition) is 1. The number of ether oxygens (including phenoxy) is 2. The number of carbonyl (C=O) groups excluding carboxylic acids is 1. The molecule has 4 heteroatoms. The number of unbranched alkanes of at least 4 members (excludes halogenated alkanes) is 2. The number of hydrogen-bond acceptors (Lipinski definition) is 4. The van der Waals surface area contributed by atoms with Gasteiger partial charge in [-0.3, -0.25) is 4.79 Å². The van der Waals surface area contributed by atoms with Gasteiger partial charge in [-0.2, -0.15) is 0 Å². The lowest BCUT2D eigenvalue weighted by Crippen LogP contribution is -2.35. The predicted molar refractivity (Wildman–Crippen MR) is 87.9 cm³/mol. The van der Waals surface area contributed by atoms with E-state index in [0.29, 0.717) is 24.5 Å². The molecule has 0 aromatic carbocycles. The van der Waals surface area contributed by atoms with E-state index < -0.39 is 0 Å². The lowest BCUT2D eigenvalue weighted by molar-refractivity contribution is -0.122. The first kappa shape index (κ1) is 19.6. The van der Waals surface area contributed by atoms with Crippen LogP contribution in [-0.2, 0) is 14.3 Å². The zero-order chi connectivity index (χ0) is 16.4. The van der Waals surface area contributed by atoms with Crippen LogP contribution in [-0.4, -0.2) is 43.4 Å². The van der Waals surface area contributed by atoms with Crippen LogP contribution in [0.5, 0.6) is 0 Å². The minimum absolute atomic E-state index is 0.0605. The largest absolute Gasteiger partial charge is 0.390 e. The van der Waals surface area contributed by atoms with Crippen molar-refractivity contribution in [1.82, 2.24) is 0 Å². The summed E-state index contributed by atoms with van der Waals surface area (Å²) in [4.78, 5) is 12.1. The fourth-order valence-electron chi connectivity index (χ4n) is 3.36. The van der Waals surface area contributed by atoms with E-state index >= 15 is 0 Å². The SMILES string of the molecule is CCCCCC(CC(=O)CCC1CCC(O)C(OC)C1)OC. The Morgan fingerprint density at radius 1 is 1.27 bits per heavy atom. The first-order chi connectivity index (χ1) is 10.6. The van der Waals surface area contributed by atoms with Gasteiger partial charge in [0.2, 0.25) is 0 Å². The first-order valence-corrected chi connectivity index (χ1v) is 8.86. The quantitative estimate of drug-likeness (QED) is 0.593. The van der Waals surface area contributed by atoms with Crippen molar-refractivity contribution in [3.63, 3.8) is 0 Å². The van der Waals surface area contributed by atoms with Gasteiger partial charge in [-0.25, -0.2) is 0 Å². The van der Waals surface area contributed by atoms with Crippen LogP contribution < -0.4 is 0 Å². The summed E-state index contributed by atoms with van der Waals surface area (Å²) in [6, 6.07) is 0. The minimum atomic E-state index is -0.339. The van der Waals surface area contributed by atoms with E-state index in [9.17, 15) is 9.90 Å². The molecule has 1 rings (SSSR count). The first-order valence-electron chi connectivity index (χ1n) is 8.86. The van der Waals surface area contributed by atoms with Crippen molar-refractivity contribution in [2.24, 2.45) is 5.92 Å². The van der Waals surface area contributed by atoms with Crippen molar-refractivity contribution in [2.75, 3.05) is 14.2 Å². The molecule has 1 saturated carbocycles. The smallest absolute Gasteiger partial charge is 0.135 e. The Bertz CT molecular complexity index is 305. The summed E-state index contributed by atoms with van der Waals surface area (Å²) in [5.74, 6) is 0.807. The van der Waals surface area contributed by atoms with Crippen molar-refractivity contribution in [3.8, 4) is 0 Å². The van der Waals surface area contributed by atoms with E-state index in [1.807, 2.05) is 0 Å². The molecule has 130 valence electrons. The van der Waals surface area contributed by atoms with Crippen LogP contribution >= 0.6 is 0 Å². The van der Waals surface area contributed by atoms with E-state index in [-0.39, 0.29) is 18.3 Å². The zero-order valence-electron chi connectivity index (χ0n) is 14.6. The van der Waals surface area contributed by atoms with E-state index in [1.54, 1.807) is 14.2 Å². The Balaban J connectivity index is 2.24.